The first-order valence-corrected chi connectivity index (χ1v) is 6.15. The minimum absolute atomic E-state index is 0.307. The average molecular weight is 229 g/mol. The van der Waals surface area contributed by atoms with Crippen molar-refractivity contribution in [1.82, 2.24) is 4.72 Å². The van der Waals surface area contributed by atoms with Gasteiger partial charge in [-0.2, -0.15) is 0 Å². The van der Waals surface area contributed by atoms with Crippen molar-refractivity contribution in [1.29, 1.82) is 0 Å². The molecule has 1 rings (SSSR count). The molecule has 0 spiro atoms. The molecule has 4 heteroatoms. The number of rotatable bonds is 5. The van der Waals surface area contributed by atoms with Crippen molar-refractivity contribution >= 4 is 11.0 Å². The number of hydrogen-bond donors (Lipinski definition) is 1. The lowest BCUT2D eigenvalue weighted by atomic mass is 10.1. The van der Waals surface area contributed by atoms with Gasteiger partial charge in [0.15, 0.2) is 0 Å². The van der Waals surface area contributed by atoms with Crippen LogP contribution in [-0.2, 0) is 11.0 Å². The predicted molar refractivity (Wildman–Crippen MR) is 60.3 cm³/mol. The third-order valence-electron chi connectivity index (χ3n) is 1.98. The highest BCUT2D eigenvalue weighted by Gasteiger charge is 2.03. The molecule has 0 aliphatic heterocycles. The minimum Gasteiger partial charge on any atom is -0.238 e. The summed E-state index contributed by atoms with van der Waals surface area (Å²) in [4.78, 5) is 0.611. The highest BCUT2D eigenvalue weighted by Crippen LogP contribution is 2.06. The Hall–Kier alpha value is -0.740. The smallest absolute Gasteiger partial charge is 0.124 e. The molecule has 2 nitrogen and oxygen atoms in total. The Morgan fingerprint density at radius 3 is 2.47 bits per heavy atom. The molecule has 1 unspecified atom stereocenters. The van der Waals surface area contributed by atoms with Gasteiger partial charge >= 0.3 is 0 Å². The molecular formula is C11H16FNOS. The molecule has 1 atom stereocenters. The van der Waals surface area contributed by atoms with Crippen LogP contribution in [0.25, 0.3) is 0 Å². The summed E-state index contributed by atoms with van der Waals surface area (Å²) in [6.45, 7) is 4.94. The van der Waals surface area contributed by atoms with Gasteiger partial charge < -0.3 is 0 Å². The zero-order chi connectivity index (χ0) is 11.3. The number of benzene rings is 1. The van der Waals surface area contributed by atoms with E-state index >= 15 is 0 Å². The molecule has 0 saturated carbocycles. The zero-order valence-corrected chi connectivity index (χ0v) is 9.81. The fourth-order valence-corrected chi connectivity index (χ4v) is 1.94. The van der Waals surface area contributed by atoms with Gasteiger partial charge in [0, 0.05) is 6.54 Å². The molecule has 1 aromatic carbocycles. The Kier molecular flexibility index (Phi) is 4.91. The Morgan fingerprint density at radius 1 is 1.33 bits per heavy atom. The molecule has 1 aromatic rings. The van der Waals surface area contributed by atoms with Crippen LogP contribution in [0.1, 0.15) is 20.3 Å². The second-order valence-electron chi connectivity index (χ2n) is 3.80. The molecule has 84 valence electrons. The van der Waals surface area contributed by atoms with Crippen molar-refractivity contribution < 1.29 is 8.60 Å². The van der Waals surface area contributed by atoms with Gasteiger partial charge in [-0.15, -0.1) is 0 Å². The molecule has 0 radical (unpaired) electrons. The van der Waals surface area contributed by atoms with Crippen LogP contribution in [-0.4, -0.2) is 10.8 Å². The Bertz CT molecular complexity index is 324. The quantitative estimate of drug-likeness (QED) is 0.825. The van der Waals surface area contributed by atoms with Crippen molar-refractivity contribution in [2.75, 3.05) is 6.54 Å². The monoisotopic (exact) mass is 229 g/mol. The van der Waals surface area contributed by atoms with E-state index in [-0.39, 0.29) is 5.82 Å². The van der Waals surface area contributed by atoms with E-state index in [0.717, 1.165) is 6.42 Å². The summed E-state index contributed by atoms with van der Waals surface area (Å²) in [5.41, 5.74) is 0. The Morgan fingerprint density at radius 2 is 1.93 bits per heavy atom. The van der Waals surface area contributed by atoms with Gasteiger partial charge in [-0.25, -0.2) is 13.3 Å². The Balaban J connectivity index is 2.43. The molecule has 0 fully saturated rings. The maximum atomic E-state index is 12.6. The van der Waals surface area contributed by atoms with Crippen LogP contribution in [0.2, 0.25) is 0 Å². The summed E-state index contributed by atoms with van der Waals surface area (Å²) >= 11 is 0. The predicted octanol–water partition coefficient (Wildman–Crippen LogP) is 2.48. The van der Waals surface area contributed by atoms with Gasteiger partial charge in [0.2, 0.25) is 0 Å². The third-order valence-corrected chi connectivity index (χ3v) is 3.15. The van der Waals surface area contributed by atoms with Crippen LogP contribution in [0.4, 0.5) is 4.39 Å². The van der Waals surface area contributed by atoms with Crippen LogP contribution in [0.3, 0.4) is 0 Å². The molecule has 0 saturated heterocycles. The maximum absolute atomic E-state index is 12.6. The van der Waals surface area contributed by atoms with Crippen LogP contribution in [0.5, 0.6) is 0 Å². The van der Waals surface area contributed by atoms with Gasteiger partial charge in [0.1, 0.15) is 16.8 Å². The summed E-state index contributed by atoms with van der Waals surface area (Å²) in [7, 11) is -1.22. The lowest BCUT2D eigenvalue weighted by Crippen LogP contribution is -2.19. The lowest BCUT2D eigenvalue weighted by Gasteiger charge is -2.06. The molecule has 0 bridgehead atoms. The van der Waals surface area contributed by atoms with Crippen LogP contribution in [0.15, 0.2) is 29.2 Å². The minimum atomic E-state index is -1.22. The molecule has 0 aliphatic rings. The summed E-state index contributed by atoms with van der Waals surface area (Å²) < 4.78 is 27.1. The Labute approximate surface area is 92.5 Å². The first-order chi connectivity index (χ1) is 7.09. The van der Waals surface area contributed by atoms with Gasteiger partial charge in [-0.3, -0.25) is 0 Å². The van der Waals surface area contributed by atoms with Crippen molar-refractivity contribution in [2.45, 2.75) is 25.2 Å². The second-order valence-corrected chi connectivity index (χ2v) is 5.10. The topological polar surface area (TPSA) is 29.1 Å². The lowest BCUT2D eigenvalue weighted by molar-refractivity contribution is 0.578. The van der Waals surface area contributed by atoms with Crippen molar-refractivity contribution in [3.63, 3.8) is 0 Å². The van der Waals surface area contributed by atoms with Crippen molar-refractivity contribution in [3.8, 4) is 0 Å². The van der Waals surface area contributed by atoms with Crippen molar-refractivity contribution in [2.24, 2.45) is 5.92 Å². The average Bonchev–Trinajstić information content (AvgIpc) is 2.18. The molecule has 0 heterocycles. The normalized spacial score (nSPS) is 13.1. The fraction of sp³-hybridized carbons (Fsp3) is 0.455. The van der Waals surface area contributed by atoms with E-state index < -0.39 is 11.0 Å². The van der Waals surface area contributed by atoms with E-state index in [1.165, 1.54) is 24.3 Å². The molecule has 0 amide bonds. The van der Waals surface area contributed by atoms with Gasteiger partial charge in [0.25, 0.3) is 0 Å². The first-order valence-electron chi connectivity index (χ1n) is 5.00. The van der Waals surface area contributed by atoms with Gasteiger partial charge in [-0.05, 0) is 36.6 Å². The van der Waals surface area contributed by atoms with Gasteiger partial charge in [-0.1, -0.05) is 13.8 Å². The van der Waals surface area contributed by atoms with Crippen LogP contribution < -0.4 is 4.72 Å². The van der Waals surface area contributed by atoms with Crippen molar-refractivity contribution in [3.05, 3.63) is 30.1 Å². The summed E-state index contributed by atoms with van der Waals surface area (Å²) in [6.07, 6.45) is 0.979. The van der Waals surface area contributed by atoms with E-state index in [1.54, 1.807) is 0 Å². The molecule has 15 heavy (non-hydrogen) atoms. The standard InChI is InChI=1S/C11H16FNOS/c1-9(2)7-8-13-15(14)11-5-3-10(12)4-6-11/h3-6,9,13H,7-8H2,1-2H3. The highest BCUT2D eigenvalue weighted by atomic mass is 32.2. The van der Waals surface area contributed by atoms with E-state index in [0.29, 0.717) is 17.4 Å². The molecule has 0 aliphatic carbocycles. The third kappa shape index (κ3) is 4.53. The van der Waals surface area contributed by atoms with E-state index in [2.05, 4.69) is 18.6 Å². The summed E-state index contributed by atoms with van der Waals surface area (Å²) in [6, 6.07) is 5.70. The van der Waals surface area contributed by atoms with Gasteiger partial charge in [0.05, 0.1) is 4.90 Å². The first kappa shape index (κ1) is 12.3. The maximum Gasteiger partial charge on any atom is 0.124 e. The largest absolute Gasteiger partial charge is 0.238 e. The van der Waals surface area contributed by atoms with E-state index in [4.69, 9.17) is 0 Å². The number of halogens is 1. The SMILES string of the molecule is CC(C)CCNS(=O)c1ccc(F)cc1. The number of nitrogens with one attached hydrogen (secondary N) is 1. The second kappa shape index (κ2) is 5.98. The summed E-state index contributed by atoms with van der Waals surface area (Å²) in [5, 5.41) is 0. The zero-order valence-electron chi connectivity index (χ0n) is 9.00. The van der Waals surface area contributed by atoms with E-state index in [9.17, 15) is 8.60 Å². The highest BCUT2D eigenvalue weighted by molar-refractivity contribution is 7.83. The summed E-state index contributed by atoms with van der Waals surface area (Å²) in [5.74, 6) is 0.278. The van der Waals surface area contributed by atoms with Crippen LogP contribution >= 0.6 is 0 Å². The molecule has 1 N–H and O–H groups in total. The number of hydrogen-bond acceptors (Lipinski definition) is 1. The fourth-order valence-electron chi connectivity index (χ4n) is 1.08. The van der Waals surface area contributed by atoms with Crippen LogP contribution in [0, 0.1) is 11.7 Å². The van der Waals surface area contributed by atoms with E-state index in [1.807, 2.05) is 0 Å². The molecule has 0 aromatic heterocycles. The molecular weight excluding hydrogens is 213 g/mol.